The van der Waals surface area contributed by atoms with E-state index in [1.807, 2.05) is 11.6 Å². The van der Waals surface area contributed by atoms with Gasteiger partial charge in [0.25, 0.3) is 0 Å². The highest BCUT2D eigenvalue weighted by Gasteiger charge is 2.09. The third-order valence-electron chi connectivity index (χ3n) is 2.44. The smallest absolute Gasteiger partial charge is 0.138 e. The Kier molecular flexibility index (Phi) is 4.75. The summed E-state index contributed by atoms with van der Waals surface area (Å²) in [7, 11) is 0. The van der Waals surface area contributed by atoms with E-state index >= 15 is 0 Å². The van der Waals surface area contributed by atoms with E-state index in [1.165, 1.54) is 0 Å². The van der Waals surface area contributed by atoms with Crippen LogP contribution in [0, 0.1) is 5.92 Å². The molecule has 0 bridgehead atoms. The molecule has 0 radical (unpaired) electrons. The predicted octanol–water partition coefficient (Wildman–Crippen LogP) is 1.64. The molecule has 0 amide bonds. The molecule has 1 aromatic rings. The monoisotopic (exact) mass is 211 g/mol. The molecule has 0 saturated carbocycles. The lowest BCUT2D eigenvalue weighted by atomic mass is 10.0. The van der Waals surface area contributed by atoms with Gasteiger partial charge in [0.05, 0.1) is 6.10 Å². The Bertz CT molecular complexity index is 283. The number of hydrogen-bond acceptors (Lipinski definition) is 3. The zero-order valence-electron chi connectivity index (χ0n) is 9.85. The summed E-state index contributed by atoms with van der Waals surface area (Å²) in [5, 5.41) is 13.8. The van der Waals surface area contributed by atoms with Crippen molar-refractivity contribution in [2.24, 2.45) is 5.92 Å². The topological polar surface area (TPSA) is 50.9 Å². The number of aryl methyl sites for hydroxylation is 2. The summed E-state index contributed by atoms with van der Waals surface area (Å²) in [6.07, 6.45) is 3.80. The van der Waals surface area contributed by atoms with Crippen molar-refractivity contribution in [2.45, 2.75) is 52.7 Å². The van der Waals surface area contributed by atoms with Gasteiger partial charge in [-0.05, 0) is 25.7 Å². The van der Waals surface area contributed by atoms with Crippen molar-refractivity contribution in [1.29, 1.82) is 0 Å². The van der Waals surface area contributed by atoms with Crippen LogP contribution in [-0.4, -0.2) is 26.0 Å². The Morgan fingerprint density at radius 3 is 2.80 bits per heavy atom. The largest absolute Gasteiger partial charge is 0.393 e. The fourth-order valence-electron chi connectivity index (χ4n) is 1.70. The van der Waals surface area contributed by atoms with Crippen molar-refractivity contribution >= 4 is 0 Å². The van der Waals surface area contributed by atoms with Gasteiger partial charge in [-0.25, -0.2) is 4.98 Å². The van der Waals surface area contributed by atoms with Crippen molar-refractivity contribution < 1.29 is 5.11 Å². The van der Waals surface area contributed by atoms with Crippen LogP contribution in [0.15, 0.2) is 6.33 Å². The van der Waals surface area contributed by atoms with E-state index in [2.05, 4.69) is 23.9 Å². The summed E-state index contributed by atoms with van der Waals surface area (Å²) < 4.78 is 1.88. The first kappa shape index (κ1) is 12.2. The highest BCUT2D eigenvalue weighted by Crippen LogP contribution is 2.10. The summed E-state index contributed by atoms with van der Waals surface area (Å²) in [5.74, 6) is 1.52. The lowest BCUT2D eigenvalue weighted by molar-refractivity contribution is 0.138. The van der Waals surface area contributed by atoms with E-state index in [9.17, 15) is 5.11 Å². The summed E-state index contributed by atoms with van der Waals surface area (Å²) in [6.45, 7) is 7.13. The van der Waals surface area contributed by atoms with Gasteiger partial charge in [-0.3, -0.25) is 4.68 Å². The van der Waals surface area contributed by atoms with E-state index in [0.29, 0.717) is 5.92 Å². The molecule has 15 heavy (non-hydrogen) atoms. The van der Waals surface area contributed by atoms with Crippen LogP contribution in [0.5, 0.6) is 0 Å². The van der Waals surface area contributed by atoms with Crippen LogP contribution in [0.2, 0.25) is 0 Å². The highest BCUT2D eigenvalue weighted by molar-refractivity contribution is 4.85. The Morgan fingerprint density at radius 2 is 2.20 bits per heavy atom. The van der Waals surface area contributed by atoms with E-state index in [-0.39, 0.29) is 6.10 Å². The van der Waals surface area contributed by atoms with E-state index < -0.39 is 0 Å². The number of aliphatic hydroxyl groups is 1. The van der Waals surface area contributed by atoms with Gasteiger partial charge in [-0.15, -0.1) is 0 Å². The SMILES string of the molecule is CCn1ncnc1CCC(O)CC(C)C. The molecule has 0 aliphatic rings. The molecule has 1 rings (SSSR count). The van der Waals surface area contributed by atoms with Crippen LogP contribution in [0.3, 0.4) is 0 Å². The zero-order valence-corrected chi connectivity index (χ0v) is 9.85. The number of rotatable bonds is 6. The molecular weight excluding hydrogens is 190 g/mol. The molecule has 4 nitrogen and oxygen atoms in total. The molecule has 1 N–H and O–H groups in total. The lowest BCUT2D eigenvalue weighted by Crippen LogP contribution is -2.13. The van der Waals surface area contributed by atoms with Crippen LogP contribution >= 0.6 is 0 Å². The molecule has 1 aromatic heterocycles. The maximum atomic E-state index is 9.72. The number of hydrogen-bond donors (Lipinski definition) is 1. The van der Waals surface area contributed by atoms with Gasteiger partial charge >= 0.3 is 0 Å². The van der Waals surface area contributed by atoms with Crippen LogP contribution in [0.4, 0.5) is 0 Å². The van der Waals surface area contributed by atoms with Crippen molar-refractivity contribution in [3.8, 4) is 0 Å². The summed E-state index contributed by atoms with van der Waals surface area (Å²) in [5.41, 5.74) is 0. The quantitative estimate of drug-likeness (QED) is 0.778. The average molecular weight is 211 g/mol. The molecule has 0 spiro atoms. The molecule has 86 valence electrons. The molecule has 1 atom stereocenters. The van der Waals surface area contributed by atoms with Gasteiger partial charge in [0.15, 0.2) is 0 Å². The minimum absolute atomic E-state index is 0.216. The normalized spacial score (nSPS) is 13.4. The van der Waals surface area contributed by atoms with Gasteiger partial charge in [0.2, 0.25) is 0 Å². The van der Waals surface area contributed by atoms with Gasteiger partial charge in [0, 0.05) is 13.0 Å². The Balaban J connectivity index is 2.36. The average Bonchev–Trinajstić information content (AvgIpc) is 2.60. The molecule has 0 fully saturated rings. The number of aromatic nitrogens is 3. The molecule has 1 unspecified atom stereocenters. The van der Waals surface area contributed by atoms with Crippen LogP contribution < -0.4 is 0 Å². The Labute approximate surface area is 91.3 Å². The van der Waals surface area contributed by atoms with E-state index in [0.717, 1.165) is 31.6 Å². The molecule has 0 aliphatic heterocycles. The fourth-order valence-corrected chi connectivity index (χ4v) is 1.70. The molecule has 4 heteroatoms. The van der Waals surface area contributed by atoms with Crippen LogP contribution in [0.1, 0.15) is 39.4 Å². The number of aliphatic hydroxyl groups excluding tert-OH is 1. The maximum absolute atomic E-state index is 9.72. The van der Waals surface area contributed by atoms with Crippen molar-refractivity contribution in [3.63, 3.8) is 0 Å². The summed E-state index contributed by atoms with van der Waals surface area (Å²) >= 11 is 0. The molecular formula is C11H21N3O. The second-order valence-electron chi connectivity index (χ2n) is 4.31. The van der Waals surface area contributed by atoms with E-state index in [4.69, 9.17) is 0 Å². The second kappa shape index (κ2) is 5.85. The Morgan fingerprint density at radius 1 is 1.47 bits per heavy atom. The fraction of sp³-hybridized carbons (Fsp3) is 0.818. The second-order valence-corrected chi connectivity index (χ2v) is 4.31. The predicted molar refractivity (Wildman–Crippen MR) is 59.5 cm³/mol. The first-order valence-corrected chi connectivity index (χ1v) is 5.68. The minimum Gasteiger partial charge on any atom is -0.393 e. The lowest BCUT2D eigenvalue weighted by Gasteiger charge is -2.12. The van der Waals surface area contributed by atoms with E-state index in [1.54, 1.807) is 6.33 Å². The van der Waals surface area contributed by atoms with Crippen LogP contribution in [-0.2, 0) is 13.0 Å². The zero-order chi connectivity index (χ0) is 11.3. The van der Waals surface area contributed by atoms with Gasteiger partial charge in [-0.2, -0.15) is 5.10 Å². The van der Waals surface area contributed by atoms with Crippen LogP contribution in [0.25, 0.3) is 0 Å². The maximum Gasteiger partial charge on any atom is 0.138 e. The van der Waals surface area contributed by atoms with Gasteiger partial charge in [-0.1, -0.05) is 13.8 Å². The molecule has 0 aromatic carbocycles. The third kappa shape index (κ3) is 4.00. The van der Waals surface area contributed by atoms with Gasteiger partial charge < -0.3 is 5.11 Å². The standard InChI is InChI=1S/C11H21N3O/c1-4-14-11(12-8-13-14)6-5-10(15)7-9(2)3/h8-10,15H,4-7H2,1-3H3. The van der Waals surface area contributed by atoms with Crippen molar-refractivity contribution in [3.05, 3.63) is 12.2 Å². The van der Waals surface area contributed by atoms with Gasteiger partial charge in [0.1, 0.15) is 12.2 Å². The van der Waals surface area contributed by atoms with Crippen molar-refractivity contribution in [1.82, 2.24) is 14.8 Å². The first-order valence-electron chi connectivity index (χ1n) is 5.68. The highest BCUT2D eigenvalue weighted by atomic mass is 16.3. The third-order valence-corrected chi connectivity index (χ3v) is 2.44. The Hall–Kier alpha value is -0.900. The first-order chi connectivity index (χ1) is 7.13. The van der Waals surface area contributed by atoms with Crippen molar-refractivity contribution in [2.75, 3.05) is 0 Å². The number of nitrogens with zero attached hydrogens (tertiary/aromatic N) is 3. The molecule has 1 heterocycles. The summed E-state index contributed by atoms with van der Waals surface area (Å²) in [4.78, 5) is 4.18. The minimum atomic E-state index is -0.216. The molecule has 0 saturated heterocycles. The molecule has 0 aliphatic carbocycles. The summed E-state index contributed by atoms with van der Waals surface area (Å²) in [6, 6.07) is 0.